The second kappa shape index (κ2) is 7.22. The number of hydrogen-bond acceptors (Lipinski definition) is 5. The Balaban J connectivity index is 1.86. The van der Waals surface area contributed by atoms with Crippen LogP contribution in [0.4, 0.5) is 8.78 Å². The Morgan fingerprint density at radius 1 is 1.33 bits per heavy atom. The molecule has 0 saturated heterocycles. The number of ether oxygens (including phenoxy) is 3. The van der Waals surface area contributed by atoms with Crippen molar-refractivity contribution in [3.05, 3.63) is 41.9 Å². The number of alkyl halides is 2. The summed E-state index contributed by atoms with van der Waals surface area (Å²) < 4.78 is 38.1. The van der Waals surface area contributed by atoms with Crippen LogP contribution in [0.1, 0.15) is 5.56 Å². The van der Waals surface area contributed by atoms with Crippen LogP contribution in [0.25, 0.3) is 0 Å². The normalized spacial score (nSPS) is 14.3. The van der Waals surface area contributed by atoms with Crippen LogP contribution in [0.15, 0.2) is 41.4 Å². The maximum absolute atomic E-state index is 12.0. The van der Waals surface area contributed by atoms with Crippen molar-refractivity contribution >= 4 is 12.1 Å². The lowest BCUT2D eigenvalue weighted by Gasteiger charge is -2.13. The van der Waals surface area contributed by atoms with Crippen molar-refractivity contribution in [2.75, 3.05) is 13.2 Å². The number of carbonyl (C=O) groups excluding carboxylic acids is 1. The van der Waals surface area contributed by atoms with E-state index in [2.05, 4.69) is 15.3 Å². The quantitative estimate of drug-likeness (QED) is 0.662. The van der Waals surface area contributed by atoms with Crippen LogP contribution in [0.5, 0.6) is 5.75 Å². The first-order chi connectivity index (χ1) is 10.1. The SMILES string of the molecule is O=C(N/N=C\c1ccc(OC(F)F)cc1)C1=COCCO1. The Hall–Kier alpha value is -2.64. The Bertz CT molecular complexity index is 544. The van der Waals surface area contributed by atoms with Crippen molar-refractivity contribution in [3.63, 3.8) is 0 Å². The standard InChI is InChI=1S/C13H12F2N2O4/c14-13(15)21-10-3-1-9(2-4-10)7-16-17-12(18)11-8-19-5-6-20-11/h1-4,7-8,13H,5-6H2,(H,17,18)/b16-7-. The number of halogens is 2. The number of rotatable bonds is 5. The Morgan fingerprint density at radius 2 is 2.10 bits per heavy atom. The van der Waals surface area contributed by atoms with Crippen LogP contribution in [0.3, 0.4) is 0 Å². The van der Waals surface area contributed by atoms with E-state index in [9.17, 15) is 13.6 Å². The van der Waals surface area contributed by atoms with Crippen LogP contribution < -0.4 is 10.2 Å². The van der Waals surface area contributed by atoms with Gasteiger partial charge in [-0.05, 0) is 29.8 Å². The van der Waals surface area contributed by atoms with Gasteiger partial charge in [0.05, 0.1) is 6.21 Å². The van der Waals surface area contributed by atoms with Crippen LogP contribution in [0, 0.1) is 0 Å². The van der Waals surface area contributed by atoms with Gasteiger partial charge < -0.3 is 14.2 Å². The van der Waals surface area contributed by atoms with Gasteiger partial charge in [0.15, 0.2) is 0 Å². The van der Waals surface area contributed by atoms with Gasteiger partial charge >= 0.3 is 12.5 Å². The van der Waals surface area contributed by atoms with Crippen molar-refractivity contribution in [2.45, 2.75) is 6.61 Å². The summed E-state index contributed by atoms with van der Waals surface area (Å²) in [7, 11) is 0. The molecule has 1 aliphatic rings. The van der Waals surface area contributed by atoms with E-state index in [0.29, 0.717) is 18.8 Å². The number of hydrogen-bond donors (Lipinski definition) is 1. The zero-order chi connectivity index (χ0) is 15.1. The predicted octanol–water partition coefficient (Wildman–Crippen LogP) is 1.63. The topological polar surface area (TPSA) is 69.2 Å². The second-order valence-electron chi connectivity index (χ2n) is 3.85. The lowest BCUT2D eigenvalue weighted by atomic mass is 10.2. The van der Waals surface area contributed by atoms with Gasteiger partial charge in [-0.3, -0.25) is 4.79 Å². The van der Waals surface area contributed by atoms with Gasteiger partial charge in [-0.25, -0.2) is 5.43 Å². The summed E-state index contributed by atoms with van der Waals surface area (Å²) in [5.74, 6) is -0.452. The van der Waals surface area contributed by atoms with Crippen molar-refractivity contribution in [2.24, 2.45) is 5.10 Å². The van der Waals surface area contributed by atoms with E-state index in [0.717, 1.165) is 0 Å². The van der Waals surface area contributed by atoms with Crippen LogP contribution in [-0.2, 0) is 14.3 Å². The van der Waals surface area contributed by atoms with Gasteiger partial charge in [0.1, 0.15) is 25.2 Å². The van der Waals surface area contributed by atoms with E-state index < -0.39 is 12.5 Å². The third-order valence-corrected chi connectivity index (χ3v) is 2.36. The van der Waals surface area contributed by atoms with Gasteiger partial charge in [0.2, 0.25) is 5.76 Å². The minimum absolute atomic E-state index is 0.0408. The molecule has 112 valence electrons. The Kier molecular flexibility index (Phi) is 5.08. The molecule has 0 spiro atoms. The molecule has 0 bridgehead atoms. The first kappa shape index (κ1) is 14.8. The van der Waals surface area contributed by atoms with Crippen LogP contribution in [-0.4, -0.2) is 31.9 Å². The highest BCUT2D eigenvalue weighted by molar-refractivity contribution is 5.92. The smallest absolute Gasteiger partial charge is 0.387 e. The fraction of sp³-hybridized carbons (Fsp3) is 0.231. The predicted molar refractivity (Wildman–Crippen MR) is 68.8 cm³/mol. The largest absolute Gasteiger partial charge is 0.494 e. The first-order valence-electron chi connectivity index (χ1n) is 5.98. The number of amides is 1. The summed E-state index contributed by atoms with van der Waals surface area (Å²) in [6.45, 7) is -2.17. The molecule has 2 rings (SSSR count). The maximum Gasteiger partial charge on any atom is 0.387 e. The Morgan fingerprint density at radius 3 is 2.71 bits per heavy atom. The molecule has 0 aliphatic carbocycles. The second-order valence-corrected chi connectivity index (χ2v) is 3.85. The molecular weight excluding hydrogens is 286 g/mol. The molecule has 21 heavy (non-hydrogen) atoms. The zero-order valence-electron chi connectivity index (χ0n) is 10.8. The lowest BCUT2D eigenvalue weighted by molar-refractivity contribution is -0.122. The Labute approximate surface area is 119 Å². The van der Waals surface area contributed by atoms with Crippen LogP contribution in [0.2, 0.25) is 0 Å². The minimum atomic E-state index is -2.87. The van der Waals surface area contributed by atoms with Gasteiger partial charge in [0, 0.05) is 0 Å². The number of nitrogens with one attached hydrogen (secondary N) is 1. The summed E-state index contributed by atoms with van der Waals surface area (Å²) in [5.41, 5.74) is 2.86. The van der Waals surface area contributed by atoms with E-state index in [1.54, 1.807) is 0 Å². The molecule has 0 unspecified atom stereocenters. The highest BCUT2D eigenvalue weighted by atomic mass is 19.3. The summed E-state index contributed by atoms with van der Waals surface area (Å²) >= 11 is 0. The van der Waals surface area contributed by atoms with E-state index in [1.165, 1.54) is 36.7 Å². The van der Waals surface area contributed by atoms with Gasteiger partial charge in [-0.2, -0.15) is 13.9 Å². The fourth-order valence-electron chi connectivity index (χ4n) is 1.44. The van der Waals surface area contributed by atoms with Gasteiger partial charge in [-0.1, -0.05) is 0 Å². The summed E-state index contributed by atoms with van der Waals surface area (Å²) in [6, 6.07) is 5.78. The monoisotopic (exact) mass is 298 g/mol. The first-order valence-corrected chi connectivity index (χ1v) is 5.98. The van der Waals surface area contributed by atoms with Crippen molar-refractivity contribution < 1.29 is 27.8 Å². The third-order valence-electron chi connectivity index (χ3n) is 2.36. The van der Waals surface area contributed by atoms with E-state index in [-0.39, 0.29) is 11.5 Å². The van der Waals surface area contributed by atoms with Crippen molar-refractivity contribution in [3.8, 4) is 5.75 Å². The molecule has 1 aromatic carbocycles. The zero-order valence-corrected chi connectivity index (χ0v) is 10.8. The number of nitrogens with zero attached hydrogens (tertiary/aromatic N) is 1. The third kappa shape index (κ3) is 4.75. The molecule has 1 heterocycles. The van der Waals surface area contributed by atoms with E-state index >= 15 is 0 Å². The molecule has 6 nitrogen and oxygen atoms in total. The van der Waals surface area contributed by atoms with Gasteiger partial charge in [-0.15, -0.1) is 0 Å². The molecule has 1 aromatic rings. The molecule has 0 radical (unpaired) electrons. The highest BCUT2D eigenvalue weighted by Crippen LogP contribution is 2.13. The molecule has 0 aromatic heterocycles. The number of hydrazone groups is 1. The average Bonchev–Trinajstić information content (AvgIpc) is 2.49. The molecule has 0 atom stereocenters. The van der Waals surface area contributed by atoms with E-state index in [1.807, 2.05) is 0 Å². The molecule has 1 N–H and O–H groups in total. The maximum atomic E-state index is 12.0. The summed E-state index contributed by atoms with van der Waals surface area (Å²) in [4.78, 5) is 11.6. The molecule has 1 aliphatic heterocycles. The lowest BCUT2D eigenvalue weighted by Crippen LogP contribution is -2.24. The summed E-state index contributed by atoms with van der Waals surface area (Å²) in [5, 5.41) is 3.72. The van der Waals surface area contributed by atoms with Crippen molar-refractivity contribution in [1.29, 1.82) is 0 Å². The number of benzene rings is 1. The van der Waals surface area contributed by atoms with Crippen molar-refractivity contribution in [1.82, 2.24) is 5.43 Å². The minimum Gasteiger partial charge on any atom is -0.494 e. The molecule has 1 amide bonds. The molecule has 0 fully saturated rings. The summed E-state index contributed by atoms with van der Waals surface area (Å²) in [6.07, 6.45) is 2.57. The fourth-order valence-corrected chi connectivity index (χ4v) is 1.44. The van der Waals surface area contributed by atoms with Crippen LogP contribution >= 0.6 is 0 Å². The average molecular weight is 298 g/mol. The molecular formula is C13H12F2N2O4. The van der Waals surface area contributed by atoms with E-state index in [4.69, 9.17) is 9.47 Å². The molecule has 8 heteroatoms. The highest BCUT2D eigenvalue weighted by Gasteiger charge is 2.13. The molecule has 0 saturated carbocycles. The number of carbonyl (C=O) groups is 1. The van der Waals surface area contributed by atoms with Gasteiger partial charge in [0.25, 0.3) is 0 Å².